The summed E-state index contributed by atoms with van der Waals surface area (Å²) >= 11 is 0. The van der Waals surface area contributed by atoms with E-state index in [1.807, 2.05) is 13.0 Å². The number of fused-ring (bicyclic) bond motifs is 1. The molecule has 0 bridgehead atoms. The molecule has 0 fully saturated rings. The van der Waals surface area contributed by atoms with Crippen molar-refractivity contribution in [2.24, 2.45) is 0 Å². The molecule has 1 aromatic heterocycles. The number of nitrogens with zero attached hydrogens (tertiary/aromatic N) is 1. The minimum atomic E-state index is -0.281. The van der Waals surface area contributed by atoms with E-state index in [0.717, 1.165) is 6.42 Å². The Kier molecular flexibility index (Phi) is 5.76. The topological polar surface area (TPSA) is 69.6 Å². The molecule has 2 aromatic carbocycles. The van der Waals surface area contributed by atoms with Crippen LogP contribution in [0.2, 0.25) is 0 Å². The maximum Gasteiger partial charge on any atom is 0.262 e. The minimum absolute atomic E-state index is 0.0533. The Balaban J connectivity index is 1.71. The Morgan fingerprint density at radius 1 is 1.07 bits per heavy atom. The van der Waals surface area contributed by atoms with Crippen molar-refractivity contribution in [3.05, 3.63) is 65.1 Å². The van der Waals surface area contributed by atoms with Gasteiger partial charge < -0.3 is 19.4 Å². The third kappa shape index (κ3) is 4.28. The highest BCUT2D eigenvalue weighted by Gasteiger charge is 2.09. The van der Waals surface area contributed by atoms with Gasteiger partial charge in [0.25, 0.3) is 11.5 Å². The van der Waals surface area contributed by atoms with E-state index in [9.17, 15) is 9.59 Å². The van der Waals surface area contributed by atoms with E-state index in [0.29, 0.717) is 34.5 Å². The van der Waals surface area contributed by atoms with Crippen LogP contribution in [0.3, 0.4) is 0 Å². The molecule has 0 unspecified atom stereocenters. The van der Waals surface area contributed by atoms with Gasteiger partial charge in [0.05, 0.1) is 12.5 Å². The van der Waals surface area contributed by atoms with Crippen LogP contribution in [0.4, 0.5) is 5.69 Å². The molecule has 140 valence electrons. The average molecular weight is 366 g/mol. The number of methoxy groups -OCH3 is 1. The van der Waals surface area contributed by atoms with Gasteiger partial charge in [-0.2, -0.15) is 0 Å². The molecule has 1 heterocycles. The number of nitrogens with one attached hydrogen (secondary N) is 1. The fourth-order valence-corrected chi connectivity index (χ4v) is 2.85. The van der Waals surface area contributed by atoms with Gasteiger partial charge in [0, 0.05) is 23.8 Å². The number of aromatic nitrogens is 1. The summed E-state index contributed by atoms with van der Waals surface area (Å²) in [6.45, 7) is 2.55. The Morgan fingerprint density at radius 2 is 1.85 bits per heavy atom. The number of carbonyl (C=O) groups is 1. The Morgan fingerprint density at radius 3 is 2.56 bits per heavy atom. The zero-order chi connectivity index (χ0) is 19.2. The van der Waals surface area contributed by atoms with Crippen LogP contribution >= 0.6 is 0 Å². The third-order valence-electron chi connectivity index (χ3n) is 4.18. The summed E-state index contributed by atoms with van der Waals surface area (Å²) in [6.07, 6.45) is 2.64. The average Bonchev–Trinajstić information content (AvgIpc) is 2.69. The lowest BCUT2D eigenvalue weighted by Gasteiger charge is -2.11. The first-order chi connectivity index (χ1) is 13.1. The number of pyridine rings is 1. The van der Waals surface area contributed by atoms with Crippen LogP contribution in [0, 0.1) is 0 Å². The lowest BCUT2D eigenvalue weighted by molar-refractivity contribution is -0.118. The molecule has 1 amide bonds. The highest BCUT2D eigenvalue weighted by molar-refractivity contribution is 5.92. The van der Waals surface area contributed by atoms with Crippen LogP contribution < -0.4 is 20.3 Å². The zero-order valence-electron chi connectivity index (χ0n) is 15.4. The maximum atomic E-state index is 12.5. The van der Waals surface area contributed by atoms with E-state index in [1.165, 1.54) is 0 Å². The lowest BCUT2D eigenvalue weighted by atomic mass is 10.1. The van der Waals surface area contributed by atoms with Crippen LogP contribution in [0.25, 0.3) is 10.8 Å². The van der Waals surface area contributed by atoms with Gasteiger partial charge in [-0.3, -0.25) is 9.59 Å². The van der Waals surface area contributed by atoms with Crippen molar-refractivity contribution in [1.82, 2.24) is 4.57 Å². The summed E-state index contributed by atoms with van der Waals surface area (Å²) < 4.78 is 12.4. The highest BCUT2D eigenvalue weighted by atomic mass is 16.5. The molecule has 0 spiro atoms. The van der Waals surface area contributed by atoms with Gasteiger partial charge >= 0.3 is 0 Å². The molecule has 3 aromatic rings. The predicted octanol–water partition coefficient (Wildman–Crippen LogP) is 3.44. The SMILES string of the molecule is CCCn1ccc2c(OCC(=O)Nc3ccc(OC)cc3)cccc2c1=O. The van der Waals surface area contributed by atoms with Crippen molar-refractivity contribution < 1.29 is 14.3 Å². The molecule has 0 aliphatic rings. The molecule has 0 saturated carbocycles. The number of ether oxygens (including phenoxy) is 2. The molecule has 0 aliphatic carbocycles. The standard InChI is InChI=1S/C21H22N2O4/c1-3-12-23-13-11-17-18(21(23)25)5-4-6-19(17)27-14-20(24)22-15-7-9-16(26-2)10-8-15/h4-11,13H,3,12,14H2,1-2H3,(H,22,24). The van der Waals surface area contributed by atoms with Crippen molar-refractivity contribution in [2.75, 3.05) is 19.0 Å². The molecular weight excluding hydrogens is 344 g/mol. The molecule has 6 heteroatoms. The minimum Gasteiger partial charge on any atom is -0.497 e. The van der Waals surface area contributed by atoms with Gasteiger partial charge in [-0.25, -0.2) is 0 Å². The Labute approximate surface area is 157 Å². The molecule has 27 heavy (non-hydrogen) atoms. The van der Waals surface area contributed by atoms with Gasteiger partial charge in [0.1, 0.15) is 11.5 Å². The second-order valence-corrected chi connectivity index (χ2v) is 6.10. The summed E-state index contributed by atoms with van der Waals surface area (Å²) in [4.78, 5) is 24.7. The number of hydrogen-bond acceptors (Lipinski definition) is 4. The quantitative estimate of drug-likeness (QED) is 0.695. The second kappa shape index (κ2) is 8.40. The van der Waals surface area contributed by atoms with E-state index >= 15 is 0 Å². The summed E-state index contributed by atoms with van der Waals surface area (Å²) in [5.41, 5.74) is 0.604. The van der Waals surface area contributed by atoms with Gasteiger partial charge in [-0.1, -0.05) is 13.0 Å². The van der Waals surface area contributed by atoms with Crippen molar-refractivity contribution >= 4 is 22.4 Å². The lowest BCUT2D eigenvalue weighted by Crippen LogP contribution is -2.21. The fourth-order valence-electron chi connectivity index (χ4n) is 2.85. The van der Waals surface area contributed by atoms with Crippen LogP contribution in [0.5, 0.6) is 11.5 Å². The molecule has 0 atom stereocenters. The molecule has 1 N–H and O–H groups in total. The summed E-state index contributed by atoms with van der Waals surface area (Å²) in [7, 11) is 1.59. The van der Waals surface area contributed by atoms with E-state index < -0.39 is 0 Å². The molecule has 0 radical (unpaired) electrons. The molecular formula is C21H22N2O4. The summed E-state index contributed by atoms with van der Waals surface area (Å²) in [5.74, 6) is 0.948. The third-order valence-corrected chi connectivity index (χ3v) is 4.18. The molecule has 6 nitrogen and oxygen atoms in total. The van der Waals surface area contributed by atoms with Gasteiger partial charge in [-0.15, -0.1) is 0 Å². The monoisotopic (exact) mass is 366 g/mol. The van der Waals surface area contributed by atoms with E-state index in [2.05, 4.69) is 5.32 Å². The number of carbonyl (C=O) groups excluding carboxylic acids is 1. The van der Waals surface area contributed by atoms with E-state index in [-0.39, 0.29) is 18.1 Å². The number of benzene rings is 2. The predicted molar refractivity (Wildman–Crippen MR) is 106 cm³/mol. The zero-order valence-corrected chi connectivity index (χ0v) is 15.4. The highest BCUT2D eigenvalue weighted by Crippen LogP contribution is 2.23. The number of amides is 1. The first-order valence-corrected chi connectivity index (χ1v) is 8.81. The van der Waals surface area contributed by atoms with Crippen LogP contribution in [-0.4, -0.2) is 24.2 Å². The maximum absolute atomic E-state index is 12.5. The van der Waals surface area contributed by atoms with E-state index in [1.54, 1.807) is 60.3 Å². The Bertz CT molecular complexity index is 993. The number of anilines is 1. The first kappa shape index (κ1) is 18.5. The number of aryl methyl sites for hydroxylation is 1. The first-order valence-electron chi connectivity index (χ1n) is 8.81. The fraction of sp³-hybridized carbons (Fsp3) is 0.238. The van der Waals surface area contributed by atoms with Gasteiger partial charge in [-0.05, 0) is 48.9 Å². The van der Waals surface area contributed by atoms with Crippen molar-refractivity contribution in [1.29, 1.82) is 0 Å². The van der Waals surface area contributed by atoms with Crippen LogP contribution in [0.1, 0.15) is 13.3 Å². The van der Waals surface area contributed by atoms with Gasteiger partial charge in [0.2, 0.25) is 0 Å². The van der Waals surface area contributed by atoms with Gasteiger partial charge in [0.15, 0.2) is 6.61 Å². The largest absolute Gasteiger partial charge is 0.497 e. The smallest absolute Gasteiger partial charge is 0.262 e. The van der Waals surface area contributed by atoms with Crippen LogP contribution in [-0.2, 0) is 11.3 Å². The van der Waals surface area contributed by atoms with Crippen LogP contribution in [0.15, 0.2) is 59.5 Å². The number of hydrogen-bond donors (Lipinski definition) is 1. The summed E-state index contributed by atoms with van der Waals surface area (Å²) in [6, 6.07) is 14.2. The van der Waals surface area contributed by atoms with Crippen molar-refractivity contribution in [2.45, 2.75) is 19.9 Å². The normalized spacial score (nSPS) is 10.6. The molecule has 0 saturated heterocycles. The van der Waals surface area contributed by atoms with Crippen molar-refractivity contribution in [3.63, 3.8) is 0 Å². The second-order valence-electron chi connectivity index (χ2n) is 6.10. The summed E-state index contributed by atoms with van der Waals surface area (Å²) in [5, 5.41) is 4.05. The van der Waals surface area contributed by atoms with Crippen molar-refractivity contribution in [3.8, 4) is 11.5 Å². The Hall–Kier alpha value is -3.28. The van der Waals surface area contributed by atoms with E-state index in [4.69, 9.17) is 9.47 Å². The number of rotatable bonds is 7. The molecule has 0 aliphatic heterocycles. The molecule has 3 rings (SSSR count).